The molecule has 0 spiro atoms. The molecule has 5 heteroatoms. The normalized spacial score (nSPS) is 18.1. The molecule has 0 aliphatic carbocycles. The van der Waals surface area contributed by atoms with Crippen LogP contribution in [-0.4, -0.2) is 22.1 Å². The van der Waals surface area contributed by atoms with E-state index in [1.165, 1.54) is 0 Å². The molecule has 1 aliphatic rings. The summed E-state index contributed by atoms with van der Waals surface area (Å²) in [6.07, 6.45) is 0.296. The van der Waals surface area contributed by atoms with Crippen LogP contribution in [0.3, 0.4) is 0 Å². The third-order valence-electron chi connectivity index (χ3n) is 1.03. The maximum Gasteiger partial charge on any atom is 0.253 e. The van der Waals surface area contributed by atoms with Gasteiger partial charge in [-0.2, -0.15) is 5.06 Å². The Morgan fingerprint density at radius 3 is 1.67 bits per heavy atom. The van der Waals surface area contributed by atoms with E-state index in [2.05, 4.69) is 0 Å². The van der Waals surface area contributed by atoms with Crippen LogP contribution < -0.4 is 0 Å². The Kier molecular flexibility index (Phi) is 2.82. The largest absolute Gasteiger partial charge is 0.279 e. The standard InChI is InChI=1S/C4H5NO3.Co/c6-3-1-2-4(7)5(3)8;/h8H,1-2H2;. The van der Waals surface area contributed by atoms with E-state index in [0.717, 1.165) is 0 Å². The van der Waals surface area contributed by atoms with Crippen molar-refractivity contribution in [3.63, 3.8) is 0 Å². The quantitative estimate of drug-likeness (QED) is 0.398. The third kappa shape index (κ3) is 1.50. The Morgan fingerprint density at radius 1 is 1.22 bits per heavy atom. The van der Waals surface area contributed by atoms with Crippen LogP contribution in [0.15, 0.2) is 0 Å². The zero-order chi connectivity index (χ0) is 6.15. The van der Waals surface area contributed by atoms with Crippen LogP contribution >= 0.6 is 0 Å². The average molecular weight is 174 g/mol. The molecule has 0 atom stereocenters. The summed E-state index contributed by atoms with van der Waals surface area (Å²) in [5.41, 5.74) is 0. The first kappa shape index (κ1) is 8.61. The van der Waals surface area contributed by atoms with Crippen molar-refractivity contribution < 1.29 is 31.6 Å². The van der Waals surface area contributed by atoms with E-state index in [9.17, 15) is 9.59 Å². The summed E-state index contributed by atoms with van der Waals surface area (Å²) in [7, 11) is 0. The van der Waals surface area contributed by atoms with Gasteiger partial charge in [-0.3, -0.25) is 14.8 Å². The number of imide groups is 1. The number of carbonyl (C=O) groups excluding carboxylic acids is 2. The van der Waals surface area contributed by atoms with Gasteiger partial charge in [0, 0.05) is 29.6 Å². The fraction of sp³-hybridized carbons (Fsp3) is 0.500. The van der Waals surface area contributed by atoms with E-state index in [-0.39, 0.29) is 34.7 Å². The number of carbonyl (C=O) groups is 2. The van der Waals surface area contributed by atoms with Gasteiger partial charge in [0.15, 0.2) is 0 Å². The smallest absolute Gasteiger partial charge is 0.253 e. The van der Waals surface area contributed by atoms with Crippen LogP contribution in [0.5, 0.6) is 0 Å². The van der Waals surface area contributed by atoms with Gasteiger partial charge in [0.1, 0.15) is 0 Å². The number of nitrogens with zero attached hydrogens (tertiary/aromatic N) is 1. The van der Waals surface area contributed by atoms with Gasteiger partial charge >= 0.3 is 0 Å². The van der Waals surface area contributed by atoms with E-state index in [1.807, 2.05) is 0 Å². The van der Waals surface area contributed by atoms with Gasteiger partial charge < -0.3 is 0 Å². The summed E-state index contributed by atoms with van der Waals surface area (Å²) in [5, 5.41) is 8.57. The Morgan fingerprint density at radius 2 is 1.56 bits per heavy atom. The minimum atomic E-state index is -0.505. The fourth-order valence-corrected chi connectivity index (χ4v) is 0.565. The van der Waals surface area contributed by atoms with Crippen molar-refractivity contribution in [2.75, 3.05) is 0 Å². The molecule has 1 radical (unpaired) electrons. The van der Waals surface area contributed by atoms with Crippen molar-refractivity contribution >= 4 is 11.8 Å². The molecule has 0 aromatic rings. The molecule has 1 N–H and O–H groups in total. The molecule has 1 aliphatic heterocycles. The maximum atomic E-state index is 10.2. The average Bonchev–Trinajstić information content (AvgIpc) is 1.98. The van der Waals surface area contributed by atoms with Crippen molar-refractivity contribution in [3.8, 4) is 0 Å². The van der Waals surface area contributed by atoms with Crippen LogP contribution in [0.1, 0.15) is 12.8 Å². The van der Waals surface area contributed by atoms with Crippen LogP contribution in [-0.2, 0) is 26.4 Å². The summed E-state index contributed by atoms with van der Waals surface area (Å²) in [6, 6.07) is 0. The fourth-order valence-electron chi connectivity index (χ4n) is 0.565. The Hall–Kier alpha value is -0.394. The predicted molar refractivity (Wildman–Crippen MR) is 22.9 cm³/mol. The molecule has 1 saturated heterocycles. The van der Waals surface area contributed by atoms with Crippen molar-refractivity contribution in [3.05, 3.63) is 0 Å². The molecule has 53 valence electrons. The Labute approximate surface area is 62.0 Å². The second kappa shape index (κ2) is 2.95. The molecule has 0 unspecified atom stereocenters. The molecule has 1 heterocycles. The molecule has 0 aromatic carbocycles. The summed E-state index contributed by atoms with van der Waals surface area (Å²) >= 11 is 0. The van der Waals surface area contributed by atoms with E-state index in [0.29, 0.717) is 0 Å². The van der Waals surface area contributed by atoms with Crippen LogP contribution in [0.2, 0.25) is 0 Å². The van der Waals surface area contributed by atoms with Gasteiger partial charge in [0.2, 0.25) is 0 Å². The van der Waals surface area contributed by atoms with Gasteiger partial charge in [0.05, 0.1) is 0 Å². The van der Waals surface area contributed by atoms with Crippen LogP contribution in [0, 0.1) is 0 Å². The monoisotopic (exact) mass is 174 g/mol. The van der Waals surface area contributed by atoms with Crippen molar-refractivity contribution in [1.82, 2.24) is 5.06 Å². The second-order valence-corrected chi connectivity index (χ2v) is 1.60. The van der Waals surface area contributed by atoms with E-state index < -0.39 is 11.8 Å². The Balaban J connectivity index is 0.000000640. The van der Waals surface area contributed by atoms with Gasteiger partial charge in [-0.1, -0.05) is 0 Å². The zero-order valence-corrected chi connectivity index (χ0v) is 5.50. The summed E-state index contributed by atoms with van der Waals surface area (Å²) < 4.78 is 0. The first-order valence-electron chi connectivity index (χ1n) is 2.26. The second-order valence-electron chi connectivity index (χ2n) is 1.60. The summed E-state index contributed by atoms with van der Waals surface area (Å²) in [4.78, 5) is 20.5. The SMILES string of the molecule is O=C1CCC(=O)N1O.[Co]. The van der Waals surface area contributed by atoms with Gasteiger partial charge in [0.25, 0.3) is 11.8 Å². The van der Waals surface area contributed by atoms with Gasteiger partial charge in [-0.25, -0.2) is 0 Å². The van der Waals surface area contributed by atoms with Crippen molar-refractivity contribution in [1.29, 1.82) is 0 Å². The van der Waals surface area contributed by atoms with Gasteiger partial charge in [-0.15, -0.1) is 0 Å². The number of amides is 2. The third-order valence-corrected chi connectivity index (χ3v) is 1.03. The van der Waals surface area contributed by atoms with Crippen LogP contribution in [0.25, 0.3) is 0 Å². The minimum absolute atomic E-state index is 0. The predicted octanol–water partition coefficient (Wildman–Crippen LogP) is -0.478. The van der Waals surface area contributed by atoms with E-state index >= 15 is 0 Å². The topological polar surface area (TPSA) is 57.6 Å². The number of hydroxylamine groups is 2. The minimum Gasteiger partial charge on any atom is -0.279 e. The van der Waals surface area contributed by atoms with E-state index in [4.69, 9.17) is 5.21 Å². The molecule has 0 saturated carbocycles. The molecule has 0 aromatic heterocycles. The molecule has 9 heavy (non-hydrogen) atoms. The number of rotatable bonds is 0. The number of hydrogen-bond acceptors (Lipinski definition) is 3. The molecule has 2 amide bonds. The van der Waals surface area contributed by atoms with Crippen molar-refractivity contribution in [2.45, 2.75) is 12.8 Å². The molecule has 1 rings (SSSR count). The van der Waals surface area contributed by atoms with Crippen molar-refractivity contribution in [2.24, 2.45) is 0 Å². The summed E-state index contributed by atoms with van der Waals surface area (Å²) in [6.45, 7) is 0. The first-order valence-corrected chi connectivity index (χ1v) is 2.26. The summed E-state index contributed by atoms with van der Waals surface area (Å²) in [5.74, 6) is -1.01. The zero-order valence-electron chi connectivity index (χ0n) is 4.46. The molecule has 0 bridgehead atoms. The number of hydrogen-bond donors (Lipinski definition) is 1. The van der Waals surface area contributed by atoms with Crippen LogP contribution in [0.4, 0.5) is 0 Å². The molecular weight excluding hydrogens is 169 g/mol. The molecular formula is C4H5CoNO3. The first-order chi connectivity index (χ1) is 3.72. The Bertz CT molecular complexity index is 131. The van der Waals surface area contributed by atoms with Gasteiger partial charge in [-0.05, 0) is 0 Å². The maximum absolute atomic E-state index is 10.2. The molecule has 1 fully saturated rings. The molecule has 4 nitrogen and oxygen atoms in total. The van der Waals surface area contributed by atoms with E-state index in [1.54, 1.807) is 0 Å².